The Morgan fingerprint density at radius 1 is 1.25 bits per heavy atom. The molecule has 1 N–H and O–H groups in total. The number of benzene rings is 1. The van der Waals surface area contributed by atoms with E-state index in [0.717, 1.165) is 5.75 Å². The molecule has 1 aromatic carbocycles. The molecule has 1 saturated heterocycles. The van der Waals surface area contributed by atoms with Crippen molar-refractivity contribution in [3.63, 3.8) is 0 Å². The zero-order valence-electron chi connectivity index (χ0n) is 12.1. The van der Waals surface area contributed by atoms with Crippen LogP contribution in [0.4, 0.5) is 0 Å². The standard InChI is InChI=1S/C15H20N2O3/c1-11-13(18)17(15(2,3)14(19)16-11)9-10-20-12-7-5-4-6-8-12/h4-8,11H,9-10H2,1-3H3,(H,16,19). The van der Waals surface area contributed by atoms with Gasteiger partial charge in [-0.05, 0) is 32.9 Å². The van der Waals surface area contributed by atoms with Gasteiger partial charge in [0.15, 0.2) is 0 Å². The smallest absolute Gasteiger partial charge is 0.246 e. The van der Waals surface area contributed by atoms with E-state index in [4.69, 9.17) is 4.74 Å². The zero-order valence-corrected chi connectivity index (χ0v) is 12.1. The number of hydrogen-bond donors (Lipinski definition) is 1. The molecule has 1 unspecified atom stereocenters. The number of rotatable bonds is 4. The summed E-state index contributed by atoms with van der Waals surface area (Å²) in [6, 6.07) is 8.93. The minimum absolute atomic E-state index is 0.0775. The highest BCUT2D eigenvalue weighted by atomic mass is 16.5. The average molecular weight is 276 g/mol. The van der Waals surface area contributed by atoms with Crippen LogP contribution in [-0.4, -0.2) is 41.4 Å². The third-order valence-electron chi connectivity index (χ3n) is 3.54. The Balaban J connectivity index is 1.99. The molecule has 5 heteroatoms. The first-order valence-corrected chi connectivity index (χ1v) is 6.73. The van der Waals surface area contributed by atoms with Crippen LogP contribution in [-0.2, 0) is 9.59 Å². The number of hydrogen-bond acceptors (Lipinski definition) is 3. The first-order valence-electron chi connectivity index (χ1n) is 6.73. The van der Waals surface area contributed by atoms with Crippen molar-refractivity contribution in [2.24, 2.45) is 0 Å². The highest BCUT2D eigenvalue weighted by Gasteiger charge is 2.44. The van der Waals surface area contributed by atoms with Crippen LogP contribution >= 0.6 is 0 Å². The molecule has 1 atom stereocenters. The molecule has 1 aliphatic rings. The van der Waals surface area contributed by atoms with Crippen LogP contribution in [0.3, 0.4) is 0 Å². The number of ether oxygens (including phenoxy) is 1. The summed E-state index contributed by atoms with van der Waals surface area (Å²) in [4.78, 5) is 25.7. The Hall–Kier alpha value is -2.04. The number of piperazine rings is 1. The lowest BCUT2D eigenvalue weighted by atomic mass is 9.96. The maximum absolute atomic E-state index is 12.2. The minimum atomic E-state index is -0.844. The van der Waals surface area contributed by atoms with E-state index in [1.165, 1.54) is 0 Å². The summed E-state index contributed by atoms with van der Waals surface area (Å²) in [6.45, 7) is 5.93. The summed E-state index contributed by atoms with van der Waals surface area (Å²) < 4.78 is 5.60. The molecular weight excluding hydrogens is 256 g/mol. The van der Waals surface area contributed by atoms with Crippen molar-refractivity contribution in [2.45, 2.75) is 32.4 Å². The molecule has 0 spiro atoms. The van der Waals surface area contributed by atoms with Gasteiger partial charge in [-0.15, -0.1) is 0 Å². The number of amides is 2. The second-order valence-electron chi connectivity index (χ2n) is 5.41. The molecule has 2 amide bonds. The van der Waals surface area contributed by atoms with Crippen LogP contribution in [0.15, 0.2) is 30.3 Å². The van der Waals surface area contributed by atoms with Crippen LogP contribution in [0.2, 0.25) is 0 Å². The van der Waals surface area contributed by atoms with Gasteiger partial charge in [-0.25, -0.2) is 0 Å². The van der Waals surface area contributed by atoms with Crippen molar-refractivity contribution in [3.05, 3.63) is 30.3 Å². The second-order valence-corrected chi connectivity index (χ2v) is 5.41. The Morgan fingerprint density at radius 3 is 2.55 bits per heavy atom. The van der Waals surface area contributed by atoms with Crippen LogP contribution in [0.5, 0.6) is 5.75 Å². The fourth-order valence-electron chi connectivity index (χ4n) is 2.23. The van der Waals surface area contributed by atoms with Gasteiger partial charge in [-0.2, -0.15) is 0 Å². The number of para-hydroxylation sites is 1. The van der Waals surface area contributed by atoms with Crippen molar-refractivity contribution >= 4 is 11.8 Å². The van der Waals surface area contributed by atoms with E-state index in [2.05, 4.69) is 5.32 Å². The Morgan fingerprint density at radius 2 is 1.90 bits per heavy atom. The van der Waals surface area contributed by atoms with Crippen LogP contribution < -0.4 is 10.1 Å². The highest BCUT2D eigenvalue weighted by Crippen LogP contribution is 2.20. The summed E-state index contributed by atoms with van der Waals surface area (Å²) in [7, 11) is 0. The van der Waals surface area contributed by atoms with Crippen molar-refractivity contribution in [1.82, 2.24) is 10.2 Å². The van der Waals surface area contributed by atoms with E-state index in [1.54, 1.807) is 25.7 Å². The Labute approximate surface area is 118 Å². The minimum Gasteiger partial charge on any atom is -0.492 e. The SMILES string of the molecule is CC1NC(=O)C(C)(C)N(CCOc2ccccc2)C1=O. The summed E-state index contributed by atoms with van der Waals surface area (Å²) in [6.07, 6.45) is 0. The van der Waals surface area contributed by atoms with Gasteiger partial charge in [0.2, 0.25) is 11.8 Å². The van der Waals surface area contributed by atoms with Gasteiger partial charge in [0.25, 0.3) is 0 Å². The predicted molar refractivity (Wildman–Crippen MR) is 75.3 cm³/mol. The van der Waals surface area contributed by atoms with Crippen molar-refractivity contribution in [1.29, 1.82) is 0 Å². The summed E-state index contributed by atoms with van der Waals surface area (Å²) in [5.74, 6) is 0.544. The van der Waals surface area contributed by atoms with Gasteiger partial charge in [-0.1, -0.05) is 18.2 Å². The van der Waals surface area contributed by atoms with Crippen LogP contribution in [0.1, 0.15) is 20.8 Å². The molecule has 1 fully saturated rings. The number of nitrogens with one attached hydrogen (secondary N) is 1. The van der Waals surface area contributed by atoms with Crippen LogP contribution in [0.25, 0.3) is 0 Å². The van der Waals surface area contributed by atoms with Gasteiger partial charge in [-0.3, -0.25) is 9.59 Å². The summed E-state index contributed by atoms with van der Waals surface area (Å²) in [5, 5.41) is 2.69. The van der Waals surface area contributed by atoms with E-state index in [1.807, 2.05) is 30.3 Å². The lowest BCUT2D eigenvalue weighted by Crippen LogP contribution is -2.68. The molecule has 1 heterocycles. The molecule has 0 aliphatic carbocycles. The third-order valence-corrected chi connectivity index (χ3v) is 3.54. The Kier molecular flexibility index (Phi) is 3.97. The monoisotopic (exact) mass is 276 g/mol. The topological polar surface area (TPSA) is 58.6 Å². The van der Waals surface area contributed by atoms with Crippen molar-refractivity contribution < 1.29 is 14.3 Å². The molecule has 1 aromatic rings. The molecule has 108 valence electrons. The number of carbonyl (C=O) groups excluding carboxylic acids is 2. The fourth-order valence-corrected chi connectivity index (χ4v) is 2.23. The normalized spacial score (nSPS) is 21.6. The first-order chi connectivity index (χ1) is 9.43. The second kappa shape index (κ2) is 5.53. The molecule has 0 bridgehead atoms. The maximum Gasteiger partial charge on any atom is 0.246 e. The van der Waals surface area contributed by atoms with Crippen LogP contribution in [0, 0.1) is 0 Å². The molecule has 1 aliphatic heterocycles. The number of carbonyl (C=O) groups is 2. The van der Waals surface area contributed by atoms with E-state index in [-0.39, 0.29) is 11.8 Å². The van der Waals surface area contributed by atoms with Crippen molar-refractivity contribution in [3.8, 4) is 5.75 Å². The summed E-state index contributed by atoms with van der Waals surface area (Å²) >= 11 is 0. The van der Waals surface area contributed by atoms with Gasteiger partial charge in [0.05, 0.1) is 6.54 Å². The molecule has 0 aromatic heterocycles. The van der Waals surface area contributed by atoms with E-state index < -0.39 is 11.6 Å². The maximum atomic E-state index is 12.2. The molecular formula is C15H20N2O3. The van der Waals surface area contributed by atoms with Gasteiger partial charge < -0.3 is 15.0 Å². The van der Waals surface area contributed by atoms with Gasteiger partial charge >= 0.3 is 0 Å². The van der Waals surface area contributed by atoms with Gasteiger partial charge in [0, 0.05) is 0 Å². The highest BCUT2D eigenvalue weighted by molar-refractivity contribution is 5.99. The lowest BCUT2D eigenvalue weighted by Gasteiger charge is -2.43. The van der Waals surface area contributed by atoms with E-state index in [9.17, 15) is 9.59 Å². The molecule has 0 saturated carbocycles. The van der Waals surface area contributed by atoms with Crippen molar-refractivity contribution in [2.75, 3.05) is 13.2 Å². The predicted octanol–water partition coefficient (Wildman–Crippen LogP) is 1.19. The number of nitrogens with zero attached hydrogens (tertiary/aromatic N) is 1. The average Bonchev–Trinajstić information content (AvgIpc) is 2.42. The molecule has 20 heavy (non-hydrogen) atoms. The quantitative estimate of drug-likeness (QED) is 0.898. The first kappa shape index (κ1) is 14.4. The largest absolute Gasteiger partial charge is 0.492 e. The lowest BCUT2D eigenvalue weighted by molar-refractivity contribution is -0.155. The van der Waals surface area contributed by atoms with E-state index in [0.29, 0.717) is 13.2 Å². The zero-order chi connectivity index (χ0) is 14.8. The Bertz CT molecular complexity index is 499. The van der Waals surface area contributed by atoms with Gasteiger partial charge in [0.1, 0.15) is 23.9 Å². The fraction of sp³-hybridized carbons (Fsp3) is 0.467. The summed E-state index contributed by atoms with van der Waals surface area (Å²) in [5.41, 5.74) is -0.844. The molecule has 5 nitrogen and oxygen atoms in total. The van der Waals surface area contributed by atoms with E-state index >= 15 is 0 Å². The third kappa shape index (κ3) is 2.76. The molecule has 0 radical (unpaired) electrons. The molecule has 2 rings (SSSR count).